The van der Waals surface area contributed by atoms with Crippen LogP contribution in [-0.4, -0.2) is 172 Å². The highest BCUT2D eigenvalue weighted by molar-refractivity contribution is 6.06. The second-order valence-electron chi connectivity index (χ2n) is 22.8. The number of carbonyl (C=O) groups excluding carboxylic acids is 4. The maximum atomic E-state index is 17.5. The monoisotopic (exact) mass is 1080 g/mol. The van der Waals surface area contributed by atoms with Crippen molar-refractivity contribution in [3.63, 3.8) is 0 Å². The zero-order chi connectivity index (χ0) is 54.1. The summed E-state index contributed by atoms with van der Waals surface area (Å²) < 4.78 is 51.5. The number of piperazine rings is 1. The number of benzene rings is 3. The Morgan fingerprint density at radius 3 is 2.54 bits per heavy atom. The van der Waals surface area contributed by atoms with Gasteiger partial charge in [0.25, 0.3) is 5.91 Å². The third-order valence-corrected chi connectivity index (χ3v) is 18.2. The molecule has 20 heteroatoms. The minimum absolute atomic E-state index is 0.0154. The van der Waals surface area contributed by atoms with Crippen molar-refractivity contribution < 1.29 is 47.3 Å². The number of pyridine rings is 1. The molecule has 2 N–H and O–H groups in total. The molecule has 8 aliphatic rings. The zero-order valence-corrected chi connectivity index (χ0v) is 44.2. The predicted molar refractivity (Wildman–Crippen MR) is 289 cm³/mol. The van der Waals surface area contributed by atoms with Crippen molar-refractivity contribution in [1.29, 1.82) is 0 Å². The van der Waals surface area contributed by atoms with Gasteiger partial charge in [-0.15, -0.1) is 6.42 Å². The maximum absolute atomic E-state index is 17.5. The van der Waals surface area contributed by atoms with E-state index in [2.05, 4.69) is 36.9 Å². The molecular weight excluding hydrogens is 1010 g/mol. The van der Waals surface area contributed by atoms with Gasteiger partial charge in [0, 0.05) is 100 Å². The Balaban J connectivity index is 0.632. The standard InChI is InChI=1S/C59H64F2N10O8/c1-2-42-45(60)9-5-36-28-41(72)29-44(49(36)42)52-51(61)53-50-46(62-52)10-7-39-32-77-26-4-18-69(39)54(50)65-57(64-53)79-34-59-16-3-19-71(59)40(13-17-59)33-78-58(76)68-20-14-35(15-21-68)30-66-22-24-67(25-23-66)38-6-8-43-37(27-38)31-70(56(43)75)47-11-12-48(73)63-55(47)74/h1,5-6,8-9,27-29,35,39-40,47,72H,3-4,7,10-26,30-34H2,(H,63,73,74)/t39-,40-,47?,59-/m0/s1. The lowest BCUT2D eigenvalue weighted by Gasteiger charge is -2.39. The van der Waals surface area contributed by atoms with Crippen molar-refractivity contribution in [3.8, 4) is 35.4 Å². The predicted octanol–water partition coefficient (Wildman–Crippen LogP) is 6.16. The van der Waals surface area contributed by atoms with Crippen LogP contribution in [0.15, 0.2) is 42.5 Å². The van der Waals surface area contributed by atoms with Gasteiger partial charge in [-0.1, -0.05) is 12.0 Å². The van der Waals surface area contributed by atoms with E-state index in [-0.39, 0.29) is 94.6 Å². The fraction of sp³-hybridized carbons (Fsp3) is 0.508. The molecular formula is C59H64F2N10O8. The van der Waals surface area contributed by atoms with Gasteiger partial charge in [-0.2, -0.15) is 9.97 Å². The number of aromatic hydroxyl groups is 1. The number of nitrogens with one attached hydrogen (secondary N) is 1. The number of phenols is 1. The number of hydrogen-bond acceptors (Lipinski definition) is 15. The maximum Gasteiger partial charge on any atom is 0.409 e. The van der Waals surface area contributed by atoms with Crippen LogP contribution in [0.5, 0.6) is 11.8 Å². The molecule has 8 aliphatic heterocycles. The number of aryl methyl sites for hydroxylation is 1. The lowest BCUT2D eigenvalue weighted by atomic mass is 9.95. The van der Waals surface area contributed by atoms with Gasteiger partial charge in [0.15, 0.2) is 5.82 Å². The van der Waals surface area contributed by atoms with E-state index < -0.39 is 23.6 Å². The highest BCUT2D eigenvalue weighted by Crippen LogP contribution is 2.45. The number of carbonyl (C=O) groups is 4. The number of imide groups is 1. The number of piperidine rings is 2. The van der Waals surface area contributed by atoms with Crippen LogP contribution in [0.2, 0.25) is 0 Å². The van der Waals surface area contributed by atoms with Crippen LogP contribution in [0, 0.1) is 29.9 Å². The Labute approximate surface area is 456 Å². The molecule has 6 fully saturated rings. The van der Waals surface area contributed by atoms with Crippen LogP contribution in [0.1, 0.15) is 91.4 Å². The summed E-state index contributed by atoms with van der Waals surface area (Å²) >= 11 is 0. The molecule has 2 aromatic heterocycles. The number of ether oxygens (including phenoxy) is 3. The van der Waals surface area contributed by atoms with E-state index in [4.69, 9.17) is 35.6 Å². The third-order valence-electron chi connectivity index (χ3n) is 18.2. The molecule has 3 aromatic carbocycles. The van der Waals surface area contributed by atoms with Gasteiger partial charge in [0.1, 0.15) is 47.9 Å². The first-order valence-corrected chi connectivity index (χ1v) is 28.1. The number of hydrogen-bond donors (Lipinski definition) is 2. The lowest BCUT2D eigenvalue weighted by molar-refractivity contribution is -0.136. The molecule has 79 heavy (non-hydrogen) atoms. The molecule has 13 rings (SSSR count). The van der Waals surface area contributed by atoms with E-state index in [1.165, 1.54) is 24.3 Å². The summed E-state index contributed by atoms with van der Waals surface area (Å²) in [4.78, 5) is 78.8. The molecule has 6 saturated heterocycles. The van der Waals surface area contributed by atoms with Crippen LogP contribution < -0.4 is 19.9 Å². The fourth-order valence-corrected chi connectivity index (χ4v) is 14.1. The number of terminal acetylenes is 1. The quantitative estimate of drug-likeness (QED) is 0.120. The first-order valence-electron chi connectivity index (χ1n) is 28.1. The Morgan fingerprint density at radius 1 is 0.873 bits per heavy atom. The van der Waals surface area contributed by atoms with E-state index in [1.54, 1.807) is 4.90 Å². The summed E-state index contributed by atoms with van der Waals surface area (Å²) in [6.45, 7) is 9.21. The zero-order valence-electron chi connectivity index (χ0n) is 44.2. The van der Waals surface area contributed by atoms with E-state index >= 15 is 8.78 Å². The number of fused-ring (bicyclic) bond motifs is 5. The summed E-state index contributed by atoms with van der Waals surface area (Å²) in [6.07, 6.45) is 13.3. The number of aromatic nitrogens is 3. The normalized spacial score (nSPS) is 24.8. The number of amides is 4. The second kappa shape index (κ2) is 20.8. The molecule has 18 nitrogen and oxygen atoms in total. The Hall–Kier alpha value is -7.21. The summed E-state index contributed by atoms with van der Waals surface area (Å²) in [6, 6.07) is 10.9. The van der Waals surface area contributed by atoms with Crippen molar-refractivity contribution in [2.75, 3.05) is 95.1 Å². The third kappa shape index (κ3) is 9.40. The number of halogens is 2. The highest BCUT2D eigenvalue weighted by atomic mass is 19.1. The molecule has 0 bridgehead atoms. The van der Waals surface area contributed by atoms with Crippen LogP contribution in [0.4, 0.5) is 25.1 Å². The topological polar surface area (TPSA) is 186 Å². The minimum atomic E-state index is -0.754. The lowest BCUT2D eigenvalue weighted by Crippen LogP contribution is -2.52. The molecule has 0 aliphatic carbocycles. The number of rotatable bonds is 10. The summed E-state index contributed by atoms with van der Waals surface area (Å²) in [5, 5.41) is 14.4. The molecule has 4 amide bonds. The largest absolute Gasteiger partial charge is 0.508 e. The number of likely N-dealkylation sites (tertiary alicyclic amines) is 1. The van der Waals surface area contributed by atoms with Gasteiger partial charge in [-0.25, -0.2) is 18.6 Å². The Bertz CT molecular complexity index is 3340. The van der Waals surface area contributed by atoms with E-state index in [0.717, 1.165) is 95.5 Å². The van der Waals surface area contributed by atoms with Gasteiger partial charge in [0.2, 0.25) is 11.8 Å². The van der Waals surface area contributed by atoms with Gasteiger partial charge in [-0.3, -0.25) is 29.5 Å². The van der Waals surface area contributed by atoms with Gasteiger partial charge >= 0.3 is 12.1 Å². The molecule has 0 spiro atoms. The number of phenolic OH excluding ortho intramolecular Hbond substituents is 1. The van der Waals surface area contributed by atoms with Crippen molar-refractivity contribution in [1.82, 2.24) is 39.9 Å². The fourth-order valence-electron chi connectivity index (χ4n) is 14.1. The van der Waals surface area contributed by atoms with Crippen molar-refractivity contribution in [2.24, 2.45) is 5.92 Å². The number of anilines is 2. The van der Waals surface area contributed by atoms with Crippen molar-refractivity contribution >= 4 is 57.0 Å². The van der Waals surface area contributed by atoms with Gasteiger partial charge < -0.3 is 38.9 Å². The second-order valence-corrected chi connectivity index (χ2v) is 22.8. The Morgan fingerprint density at radius 2 is 1.72 bits per heavy atom. The summed E-state index contributed by atoms with van der Waals surface area (Å²) in [5.41, 5.74) is 2.85. The van der Waals surface area contributed by atoms with E-state index in [9.17, 15) is 24.3 Å². The molecule has 0 radical (unpaired) electrons. The minimum Gasteiger partial charge on any atom is -0.508 e. The van der Waals surface area contributed by atoms with E-state index in [1.807, 2.05) is 17.0 Å². The van der Waals surface area contributed by atoms with Crippen LogP contribution in [-0.2, 0) is 32.0 Å². The SMILES string of the molecule is C#Cc1c(F)ccc2cc(O)cc(-c3nc4c5c(nc(OC[C@@]67CCCN6[C@H](COC(=O)N6CCC(CN8CCN(c9ccc%10c(c9)CN(C9CCC(=O)NC9=O)C%10=O)CC8)CC6)CC7)nc5c3F)N3CCCOC[C@@H]3CC4)c12. The molecule has 0 saturated carbocycles. The molecule has 412 valence electrons. The van der Waals surface area contributed by atoms with E-state index in [0.29, 0.717) is 92.4 Å². The number of nitrogens with zero attached hydrogens (tertiary/aromatic N) is 9. The average molecular weight is 1080 g/mol. The summed E-state index contributed by atoms with van der Waals surface area (Å²) in [7, 11) is 0. The molecule has 1 unspecified atom stereocenters. The van der Waals surface area contributed by atoms with Crippen LogP contribution in [0.3, 0.4) is 0 Å². The summed E-state index contributed by atoms with van der Waals surface area (Å²) in [5.74, 6) is 1.03. The van der Waals surface area contributed by atoms with Crippen LogP contribution >= 0.6 is 0 Å². The molecule has 10 heterocycles. The van der Waals surface area contributed by atoms with Crippen LogP contribution in [0.25, 0.3) is 32.9 Å². The highest BCUT2D eigenvalue weighted by Gasteiger charge is 2.50. The van der Waals surface area contributed by atoms with Gasteiger partial charge in [-0.05, 0) is 124 Å². The smallest absolute Gasteiger partial charge is 0.409 e. The first kappa shape index (κ1) is 51.2. The Kier molecular flexibility index (Phi) is 13.5. The van der Waals surface area contributed by atoms with Crippen molar-refractivity contribution in [3.05, 3.63) is 76.5 Å². The molecule has 5 aromatic rings. The molecule has 4 atom stereocenters. The first-order chi connectivity index (χ1) is 38.4. The van der Waals surface area contributed by atoms with Gasteiger partial charge in [0.05, 0.1) is 34.8 Å². The average Bonchev–Trinajstić information content (AvgIpc) is 4.26. The van der Waals surface area contributed by atoms with Crippen molar-refractivity contribution in [2.45, 2.75) is 101 Å².